The van der Waals surface area contributed by atoms with Crippen molar-refractivity contribution in [1.82, 2.24) is 14.8 Å². The van der Waals surface area contributed by atoms with Crippen LogP contribution < -0.4 is 18.9 Å². The van der Waals surface area contributed by atoms with Crippen molar-refractivity contribution in [1.29, 1.82) is 0 Å². The van der Waals surface area contributed by atoms with Gasteiger partial charge >= 0.3 is 0 Å². The van der Waals surface area contributed by atoms with E-state index in [1.54, 1.807) is 51.3 Å². The number of benzene rings is 2. The van der Waals surface area contributed by atoms with Gasteiger partial charge in [-0.1, -0.05) is 0 Å². The number of methoxy groups -OCH3 is 4. The fourth-order valence-corrected chi connectivity index (χ4v) is 4.77. The van der Waals surface area contributed by atoms with Gasteiger partial charge in [0, 0.05) is 56.7 Å². The van der Waals surface area contributed by atoms with Gasteiger partial charge in [-0.15, -0.1) is 0 Å². The summed E-state index contributed by atoms with van der Waals surface area (Å²) < 4.78 is 22.1. The minimum atomic E-state index is -0.391. The average Bonchev–Trinajstić information content (AvgIpc) is 3.37. The van der Waals surface area contributed by atoms with Gasteiger partial charge in [-0.25, -0.2) is 5.01 Å². The third-order valence-electron chi connectivity index (χ3n) is 6.86. The van der Waals surface area contributed by atoms with E-state index in [9.17, 15) is 9.59 Å². The van der Waals surface area contributed by atoms with Gasteiger partial charge in [-0.05, 0) is 30.3 Å². The molecule has 198 valence electrons. The molecule has 2 amide bonds. The molecule has 1 fully saturated rings. The molecule has 0 radical (unpaired) electrons. The fraction of sp³-hybridized carbons (Fsp3) is 0.444. The predicted octanol–water partition coefficient (Wildman–Crippen LogP) is 2.56. The fourth-order valence-electron chi connectivity index (χ4n) is 4.77. The number of hydrogen-bond donors (Lipinski definition) is 0. The van der Waals surface area contributed by atoms with E-state index < -0.39 is 6.04 Å². The van der Waals surface area contributed by atoms with Crippen LogP contribution in [0.5, 0.6) is 23.0 Å². The lowest BCUT2D eigenvalue weighted by Crippen LogP contribution is -2.50. The van der Waals surface area contributed by atoms with Crippen molar-refractivity contribution in [3.05, 3.63) is 47.5 Å². The normalized spacial score (nSPS) is 17.9. The maximum atomic E-state index is 13.7. The first-order valence-electron chi connectivity index (χ1n) is 12.2. The molecule has 0 bridgehead atoms. The molecule has 2 heterocycles. The first-order valence-corrected chi connectivity index (χ1v) is 12.2. The van der Waals surface area contributed by atoms with Crippen molar-refractivity contribution in [2.45, 2.75) is 19.4 Å². The Morgan fingerprint density at radius 1 is 0.865 bits per heavy atom. The molecule has 2 aliphatic rings. The predicted molar refractivity (Wildman–Crippen MR) is 139 cm³/mol. The lowest BCUT2D eigenvalue weighted by Gasteiger charge is -2.34. The van der Waals surface area contributed by atoms with Gasteiger partial charge in [0.25, 0.3) is 5.91 Å². The molecule has 0 N–H and O–H groups in total. The van der Waals surface area contributed by atoms with Crippen LogP contribution in [0.2, 0.25) is 0 Å². The third-order valence-corrected chi connectivity index (χ3v) is 6.86. The highest BCUT2D eigenvalue weighted by atomic mass is 16.5. The highest BCUT2D eigenvalue weighted by molar-refractivity contribution is 6.05. The van der Waals surface area contributed by atoms with E-state index in [1.165, 1.54) is 0 Å². The van der Waals surface area contributed by atoms with Gasteiger partial charge in [0.15, 0.2) is 0 Å². The quantitative estimate of drug-likeness (QED) is 0.539. The van der Waals surface area contributed by atoms with E-state index in [-0.39, 0.29) is 18.4 Å². The van der Waals surface area contributed by atoms with Crippen LogP contribution in [0.15, 0.2) is 41.5 Å². The number of hydrazone groups is 1. The van der Waals surface area contributed by atoms with Crippen LogP contribution in [-0.2, 0) is 9.59 Å². The van der Waals surface area contributed by atoms with E-state index >= 15 is 0 Å². The average molecular weight is 511 g/mol. The second kappa shape index (κ2) is 11.5. The molecule has 4 rings (SSSR count). The Labute approximate surface area is 217 Å². The minimum absolute atomic E-state index is 0.0541. The second-order valence-corrected chi connectivity index (χ2v) is 8.96. The number of ether oxygens (including phenoxy) is 4. The van der Waals surface area contributed by atoms with Crippen LogP contribution in [0, 0.1) is 0 Å². The van der Waals surface area contributed by atoms with Crippen LogP contribution in [0.25, 0.3) is 0 Å². The largest absolute Gasteiger partial charge is 0.497 e. The van der Waals surface area contributed by atoms with Crippen LogP contribution in [0.1, 0.15) is 30.5 Å². The number of hydrogen-bond acceptors (Lipinski definition) is 8. The Kier molecular flexibility index (Phi) is 8.17. The summed E-state index contributed by atoms with van der Waals surface area (Å²) in [5.74, 6) is 2.52. The summed E-state index contributed by atoms with van der Waals surface area (Å²) in [4.78, 5) is 29.2. The van der Waals surface area contributed by atoms with Gasteiger partial charge in [0.2, 0.25) is 5.91 Å². The first kappa shape index (κ1) is 26.3. The molecule has 0 aliphatic carbocycles. The SMILES string of the molecule is COc1ccc(C2=NN(C(=O)CN3CCN(C(C)=O)CC3)C(c3cc(OC)ccc3OC)C2)c(OC)c1. The Morgan fingerprint density at radius 3 is 2.14 bits per heavy atom. The molecule has 1 atom stereocenters. The summed E-state index contributed by atoms with van der Waals surface area (Å²) in [5, 5.41) is 6.36. The van der Waals surface area contributed by atoms with E-state index in [1.807, 2.05) is 30.3 Å². The van der Waals surface area contributed by atoms with Crippen molar-refractivity contribution in [2.24, 2.45) is 5.10 Å². The number of carbonyl (C=O) groups is 2. The van der Waals surface area contributed by atoms with Gasteiger partial charge < -0.3 is 23.8 Å². The van der Waals surface area contributed by atoms with Gasteiger partial charge in [0.05, 0.1) is 46.7 Å². The summed E-state index contributed by atoms with van der Waals surface area (Å²) in [5.41, 5.74) is 2.33. The van der Waals surface area contributed by atoms with Crippen LogP contribution in [-0.4, -0.2) is 93.5 Å². The molecule has 10 heteroatoms. The lowest BCUT2D eigenvalue weighted by molar-refractivity contribution is -0.135. The molecule has 2 aromatic carbocycles. The topological polar surface area (TPSA) is 93.1 Å². The molecular weight excluding hydrogens is 476 g/mol. The zero-order chi connectivity index (χ0) is 26.5. The highest BCUT2D eigenvalue weighted by Gasteiger charge is 2.37. The molecule has 0 aromatic heterocycles. The summed E-state index contributed by atoms with van der Waals surface area (Å²) in [7, 11) is 6.41. The molecule has 37 heavy (non-hydrogen) atoms. The zero-order valence-electron chi connectivity index (χ0n) is 22.0. The van der Waals surface area contributed by atoms with Gasteiger partial charge in [0.1, 0.15) is 23.0 Å². The molecule has 1 unspecified atom stereocenters. The number of nitrogens with zero attached hydrogens (tertiary/aromatic N) is 4. The summed E-state index contributed by atoms with van der Waals surface area (Å²) >= 11 is 0. The van der Waals surface area contributed by atoms with Crippen molar-refractivity contribution in [3.63, 3.8) is 0 Å². The van der Waals surface area contributed by atoms with Gasteiger partial charge in [-0.3, -0.25) is 14.5 Å². The molecule has 10 nitrogen and oxygen atoms in total. The summed E-state index contributed by atoms with van der Waals surface area (Å²) in [6, 6.07) is 10.7. The first-order chi connectivity index (χ1) is 17.9. The van der Waals surface area contributed by atoms with E-state index in [0.717, 1.165) is 16.8 Å². The Balaban J connectivity index is 1.66. The van der Waals surface area contributed by atoms with E-state index in [4.69, 9.17) is 24.0 Å². The van der Waals surface area contributed by atoms with Crippen LogP contribution in [0.4, 0.5) is 0 Å². The van der Waals surface area contributed by atoms with Crippen molar-refractivity contribution in [2.75, 3.05) is 61.2 Å². The van der Waals surface area contributed by atoms with Crippen LogP contribution >= 0.6 is 0 Å². The Hall–Kier alpha value is -3.79. The molecular formula is C27H34N4O6. The monoisotopic (exact) mass is 510 g/mol. The van der Waals surface area contributed by atoms with Crippen molar-refractivity contribution >= 4 is 17.5 Å². The van der Waals surface area contributed by atoms with E-state index in [2.05, 4.69) is 4.90 Å². The molecule has 1 saturated heterocycles. The number of carbonyl (C=O) groups excluding carboxylic acids is 2. The zero-order valence-corrected chi connectivity index (χ0v) is 22.0. The minimum Gasteiger partial charge on any atom is -0.497 e. The third kappa shape index (κ3) is 5.64. The number of amides is 2. The number of rotatable bonds is 8. The second-order valence-electron chi connectivity index (χ2n) is 8.96. The van der Waals surface area contributed by atoms with Crippen LogP contribution in [0.3, 0.4) is 0 Å². The lowest BCUT2D eigenvalue weighted by atomic mass is 9.96. The summed E-state index contributed by atoms with van der Waals surface area (Å²) in [6.45, 7) is 4.25. The molecule has 2 aliphatic heterocycles. The Bertz CT molecular complexity index is 1180. The Morgan fingerprint density at radius 2 is 1.51 bits per heavy atom. The molecule has 0 spiro atoms. The maximum absolute atomic E-state index is 13.7. The maximum Gasteiger partial charge on any atom is 0.257 e. The van der Waals surface area contributed by atoms with Gasteiger partial charge in [-0.2, -0.15) is 5.10 Å². The summed E-state index contributed by atoms with van der Waals surface area (Å²) in [6.07, 6.45) is 0.468. The standard InChI is InChI=1S/C27H34N4O6/c1-18(32)30-12-10-29(11-13-30)17-27(33)31-24(22-14-19(34-2)7-9-25(22)36-4)16-23(28-31)21-8-6-20(35-3)15-26(21)37-5/h6-9,14-15,24H,10-13,16-17H2,1-5H3. The molecule has 2 aromatic rings. The van der Waals surface area contributed by atoms with Crippen molar-refractivity contribution in [3.8, 4) is 23.0 Å². The molecule has 0 saturated carbocycles. The number of piperazine rings is 1. The smallest absolute Gasteiger partial charge is 0.257 e. The van der Waals surface area contributed by atoms with E-state index in [0.29, 0.717) is 55.6 Å². The highest BCUT2D eigenvalue weighted by Crippen LogP contribution is 2.41. The van der Waals surface area contributed by atoms with Crippen molar-refractivity contribution < 1.29 is 28.5 Å².